The van der Waals surface area contributed by atoms with Crippen LogP contribution in [0, 0.1) is 6.92 Å². The molecule has 0 aromatic carbocycles. The fraction of sp³-hybridized carbons (Fsp3) is 0.733. The Bertz CT molecular complexity index is 533. The molecule has 0 spiro atoms. The zero-order valence-electron chi connectivity index (χ0n) is 13.6. The average molecular weight is 346 g/mol. The van der Waals surface area contributed by atoms with Crippen LogP contribution in [0.25, 0.3) is 0 Å². The van der Waals surface area contributed by atoms with Gasteiger partial charge in [-0.15, -0.1) is 11.8 Å². The van der Waals surface area contributed by atoms with Gasteiger partial charge >= 0.3 is 0 Å². The molecule has 2 heterocycles. The average Bonchev–Trinajstić information content (AvgIpc) is 2.69. The fourth-order valence-electron chi connectivity index (χ4n) is 2.58. The Morgan fingerprint density at radius 1 is 1.50 bits per heavy atom. The number of aromatic nitrogens is 2. The van der Waals surface area contributed by atoms with E-state index in [1.807, 2.05) is 32.7 Å². The van der Waals surface area contributed by atoms with Crippen molar-refractivity contribution in [3.05, 3.63) is 16.4 Å². The summed E-state index contributed by atoms with van der Waals surface area (Å²) in [5, 5.41) is 4.95. The Morgan fingerprint density at radius 3 is 2.82 bits per heavy atom. The van der Waals surface area contributed by atoms with Gasteiger partial charge in [-0.1, -0.05) is 11.6 Å². The van der Waals surface area contributed by atoms with Crippen molar-refractivity contribution in [2.45, 2.75) is 45.1 Å². The number of rotatable bonds is 6. The summed E-state index contributed by atoms with van der Waals surface area (Å²) in [4.78, 5) is 14.3. The summed E-state index contributed by atoms with van der Waals surface area (Å²) >= 11 is 8.15. The molecular weight excluding hydrogens is 322 g/mol. The second kappa shape index (κ2) is 7.70. The number of halogens is 1. The Labute approximate surface area is 141 Å². The fourth-order valence-corrected chi connectivity index (χ4v) is 4.29. The molecule has 0 saturated carbocycles. The minimum Gasteiger partial charge on any atom is -0.379 e. The van der Waals surface area contributed by atoms with Gasteiger partial charge in [0.25, 0.3) is 0 Å². The number of nitrogens with zero attached hydrogens (tertiary/aromatic N) is 3. The molecule has 7 heteroatoms. The summed E-state index contributed by atoms with van der Waals surface area (Å²) in [5.74, 6) is 1.01. The van der Waals surface area contributed by atoms with E-state index in [4.69, 9.17) is 16.3 Å². The summed E-state index contributed by atoms with van der Waals surface area (Å²) in [7, 11) is 1.83. The molecule has 1 saturated heterocycles. The van der Waals surface area contributed by atoms with Crippen molar-refractivity contribution in [2.75, 3.05) is 18.9 Å². The molecule has 0 radical (unpaired) electrons. The van der Waals surface area contributed by atoms with E-state index in [2.05, 4.69) is 5.10 Å². The van der Waals surface area contributed by atoms with Crippen molar-refractivity contribution >= 4 is 29.3 Å². The number of hydrogen-bond acceptors (Lipinski definition) is 4. The van der Waals surface area contributed by atoms with E-state index in [1.165, 1.54) is 0 Å². The van der Waals surface area contributed by atoms with Crippen LogP contribution in [0.3, 0.4) is 0 Å². The summed E-state index contributed by atoms with van der Waals surface area (Å²) in [6.07, 6.45) is 1.64. The first-order valence-electron chi connectivity index (χ1n) is 7.63. The number of amides is 1. The smallest absolute Gasteiger partial charge is 0.224 e. The van der Waals surface area contributed by atoms with Gasteiger partial charge in [0.1, 0.15) is 10.5 Å². The molecule has 1 atom stereocenters. The van der Waals surface area contributed by atoms with Crippen LogP contribution in [0.1, 0.15) is 43.3 Å². The van der Waals surface area contributed by atoms with E-state index >= 15 is 0 Å². The molecule has 124 valence electrons. The van der Waals surface area contributed by atoms with Crippen LogP contribution in [-0.2, 0) is 16.6 Å². The van der Waals surface area contributed by atoms with Gasteiger partial charge in [0.2, 0.25) is 5.91 Å². The van der Waals surface area contributed by atoms with Crippen molar-refractivity contribution in [3.63, 3.8) is 0 Å². The van der Waals surface area contributed by atoms with Gasteiger partial charge in [-0.25, -0.2) is 0 Å². The van der Waals surface area contributed by atoms with Gasteiger partial charge in [-0.05, 0) is 27.2 Å². The monoisotopic (exact) mass is 345 g/mol. The predicted molar refractivity (Wildman–Crippen MR) is 90.2 cm³/mol. The van der Waals surface area contributed by atoms with E-state index in [9.17, 15) is 4.79 Å². The summed E-state index contributed by atoms with van der Waals surface area (Å²) in [5.41, 5.74) is 1.86. The number of thioether (sulfide) groups is 1. The SMILES string of the molecule is Cc1nn(C)c(Cl)c1C1SCCC(=O)N1CCCOC(C)C. The van der Waals surface area contributed by atoms with Crippen LogP contribution in [0.5, 0.6) is 0 Å². The lowest BCUT2D eigenvalue weighted by molar-refractivity contribution is -0.132. The maximum absolute atomic E-state index is 12.3. The minimum atomic E-state index is -0.0403. The Kier molecular flexibility index (Phi) is 6.17. The van der Waals surface area contributed by atoms with Gasteiger partial charge in [0.15, 0.2) is 0 Å². The van der Waals surface area contributed by atoms with Crippen molar-refractivity contribution in [1.82, 2.24) is 14.7 Å². The van der Waals surface area contributed by atoms with Crippen molar-refractivity contribution in [1.29, 1.82) is 0 Å². The third-order valence-corrected chi connectivity index (χ3v) is 5.33. The maximum Gasteiger partial charge on any atom is 0.224 e. The van der Waals surface area contributed by atoms with Crippen LogP contribution in [0.2, 0.25) is 5.15 Å². The summed E-state index contributed by atoms with van der Waals surface area (Å²) in [6.45, 7) is 7.33. The highest BCUT2D eigenvalue weighted by atomic mass is 35.5. The molecule has 1 unspecified atom stereocenters. The second-order valence-electron chi connectivity index (χ2n) is 5.75. The number of ether oxygens (including phenoxy) is 1. The van der Waals surface area contributed by atoms with Crippen molar-refractivity contribution in [3.8, 4) is 0 Å². The number of aryl methyl sites for hydroxylation is 2. The van der Waals surface area contributed by atoms with Gasteiger partial charge in [-0.3, -0.25) is 9.48 Å². The predicted octanol–water partition coefficient (Wildman–Crippen LogP) is 3.16. The number of hydrogen-bond donors (Lipinski definition) is 0. The van der Waals surface area contributed by atoms with E-state index in [1.54, 1.807) is 16.4 Å². The highest BCUT2D eigenvalue weighted by Gasteiger charge is 2.33. The van der Waals surface area contributed by atoms with E-state index < -0.39 is 0 Å². The molecule has 2 rings (SSSR count). The Morgan fingerprint density at radius 2 is 2.23 bits per heavy atom. The van der Waals surface area contributed by atoms with Gasteiger partial charge < -0.3 is 9.64 Å². The Balaban J connectivity index is 2.11. The zero-order valence-corrected chi connectivity index (χ0v) is 15.2. The standard InChI is InChI=1S/C15H24ClN3O2S/c1-10(2)21-8-5-7-19-12(20)6-9-22-15(19)13-11(3)17-18(4)14(13)16/h10,15H,5-9H2,1-4H3. The van der Waals surface area contributed by atoms with Crippen LogP contribution < -0.4 is 0 Å². The largest absolute Gasteiger partial charge is 0.379 e. The van der Waals surface area contributed by atoms with Crippen molar-refractivity contribution in [2.24, 2.45) is 7.05 Å². The lowest BCUT2D eigenvalue weighted by atomic mass is 10.2. The molecule has 5 nitrogen and oxygen atoms in total. The van der Waals surface area contributed by atoms with E-state index in [-0.39, 0.29) is 17.4 Å². The van der Waals surface area contributed by atoms with E-state index in [0.717, 1.165) is 23.4 Å². The van der Waals surface area contributed by atoms with Gasteiger partial charge in [0, 0.05) is 37.9 Å². The second-order valence-corrected chi connectivity index (χ2v) is 7.29. The molecule has 0 aliphatic carbocycles. The Hall–Kier alpha value is -0.720. The quantitative estimate of drug-likeness (QED) is 0.743. The highest BCUT2D eigenvalue weighted by molar-refractivity contribution is 7.99. The first-order valence-corrected chi connectivity index (χ1v) is 9.06. The first-order chi connectivity index (χ1) is 10.4. The van der Waals surface area contributed by atoms with Gasteiger partial charge in [-0.2, -0.15) is 5.10 Å². The lowest BCUT2D eigenvalue weighted by Crippen LogP contribution is -2.38. The van der Waals surface area contributed by atoms with Crippen LogP contribution in [-0.4, -0.2) is 45.6 Å². The molecule has 0 bridgehead atoms. The molecule has 1 aliphatic rings. The van der Waals surface area contributed by atoms with E-state index in [0.29, 0.717) is 24.7 Å². The van der Waals surface area contributed by atoms with Crippen LogP contribution >= 0.6 is 23.4 Å². The summed E-state index contributed by atoms with van der Waals surface area (Å²) < 4.78 is 7.25. The van der Waals surface area contributed by atoms with Gasteiger partial charge in [0.05, 0.1) is 11.8 Å². The molecule has 1 aliphatic heterocycles. The normalized spacial score (nSPS) is 19.3. The third-order valence-electron chi connectivity index (χ3n) is 3.63. The molecule has 1 aromatic rings. The highest BCUT2D eigenvalue weighted by Crippen LogP contribution is 2.41. The molecule has 0 N–H and O–H groups in total. The maximum atomic E-state index is 12.3. The molecule has 1 amide bonds. The van der Waals surface area contributed by atoms with Crippen LogP contribution in [0.4, 0.5) is 0 Å². The first kappa shape index (κ1) is 17.6. The number of carbonyl (C=O) groups excluding carboxylic acids is 1. The number of carbonyl (C=O) groups is 1. The topological polar surface area (TPSA) is 47.4 Å². The molecular formula is C15H24ClN3O2S. The third kappa shape index (κ3) is 3.97. The minimum absolute atomic E-state index is 0.0403. The molecule has 22 heavy (non-hydrogen) atoms. The molecule has 1 fully saturated rings. The summed E-state index contributed by atoms with van der Waals surface area (Å²) in [6, 6.07) is 0. The zero-order chi connectivity index (χ0) is 16.3. The van der Waals surface area contributed by atoms with Crippen LogP contribution in [0.15, 0.2) is 0 Å². The van der Waals surface area contributed by atoms with Crippen molar-refractivity contribution < 1.29 is 9.53 Å². The lowest BCUT2D eigenvalue weighted by Gasteiger charge is -2.35. The molecule has 1 aromatic heterocycles.